The Bertz CT molecular complexity index is 416. The Morgan fingerprint density at radius 1 is 1.44 bits per heavy atom. The van der Waals surface area contributed by atoms with E-state index >= 15 is 0 Å². The van der Waals surface area contributed by atoms with E-state index in [9.17, 15) is 9.90 Å². The van der Waals surface area contributed by atoms with Gasteiger partial charge < -0.3 is 10.8 Å². The lowest BCUT2D eigenvalue weighted by Crippen LogP contribution is -2.34. The molecule has 4 nitrogen and oxygen atoms in total. The monoisotopic (exact) mass is 248 g/mol. The molecule has 2 rings (SSSR count). The summed E-state index contributed by atoms with van der Waals surface area (Å²) in [5.41, 5.74) is 6.89. The van der Waals surface area contributed by atoms with Gasteiger partial charge in [0.25, 0.3) is 0 Å². The van der Waals surface area contributed by atoms with E-state index in [4.69, 9.17) is 5.73 Å². The lowest BCUT2D eigenvalue weighted by molar-refractivity contribution is 0.100. The van der Waals surface area contributed by atoms with Crippen LogP contribution in [0.2, 0.25) is 0 Å². The maximum Gasteiger partial charge on any atom is 0.248 e. The van der Waals surface area contributed by atoms with E-state index in [-0.39, 0.29) is 12.6 Å². The first-order valence-electron chi connectivity index (χ1n) is 6.35. The molecule has 4 heteroatoms. The van der Waals surface area contributed by atoms with Crippen molar-refractivity contribution in [3.63, 3.8) is 0 Å². The van der Waals surface area contributed by atoms with Crippen LogP contribution in [0.25, 0.3) is 0 Å². The average Bonchev–Trinajstić information content (AvgIpc) is 2.70. The van der Waals surface area contributed by atoms with Crippen LogP contribution in [0.5, 0.6) is 0 Å². The van der Waals surface area contributed by atoms with Crippen LogP contribution in [-0.2, 0) is 6.54 Å². The van der Waals surface area contributed by atoms with Crippen LogP contribution in [0.15, 0.2) is 24.3 Å². The van der Waals surface area contributed by atoms with Crippen LogP contribution >= 0.6 is 0 Å². The minimum Gasteiger partial charge on any atom is -0.395 e. The molecule has 2 atom stereocenters. The maximum absolute atomic E-state index is 11.0. The third-order valence-corrected chi connectivity index (χ3v) is 3.81. The van der Waals surface area contributed by atoms with E-state index in [1.54, 1.807) is 12.1 Å². The third-order valence-electron chi connectivity index (χ3n) is 3.81. The Balaban J connectivity index is 2.03. The summed E-state index contributed by atoms with van der Waals surface area (Å²) in [6.07, 6.45) is 1.13. The molecule has 98 valence electrons. The van der Waals surface area contributed by atoms with Crippen LogP contribution in [0.1, 0.15) is 29.3 Å². The number of benzene rings is 1. The molecule has 2 unspecified atom stereocenters. The first-order chi connectivity index (χ1) is 8.61. The predicted octanol–water partition coefficient (Wildman–Crippen LogP) is 0.988. The maximum atomic E-state index is 11.0. The number of amides is 1. The molecule has 3 N–H and O–H groups in total. The summed E-state index contributed by atoms with van der Waals surface area (Å²) in [4.78, 5) is 13.3. The lowest BCUT2D eigenvalue weighted by Gasteiger charge is -2.25. The van der Waals surface area contributed by atoms with Crippen molar-refractivity contribution in [3.8, 4) is 0 Å². The van der Waals surface area contributed by atoms with Gasteiger partial charge in [-0.3, -0.25) is 9.69 Å². The van der Waals surface area contributed by atoms with Crippen molar-refractivity contribution in [2.24, 2.45) is 11.7 Å². The summed E-state index contributed by atoms with van der Waals surface area (Å²) in [6.45, 7) is 4.22. The van der Waals surface area contributed by atoms with Gasteiger partial charge in [-0.05, 0) is 36.6 Å². The summed E-state index contributed by atoms with van der Waals surface area (Å²) in [7, 11) is 0. The van der Waals surface area contributed by atoms with Gasteiger partial charge in [0.15, 0.2) is 0 Å². The molecule has 1 aromatic rings. The number of nitrogens with zero attached hydrogens (tertiary/aromatic N) is 1. The van der Waals surface area contributed by atoms with Crippen molar-refractivity contribution in [1.29, 1.82) is 0 Å². The van der Waals surface area contributed by atoms with Gasteiger partial charge in [-0.2, -0.15) is 0 Å². The topological polar surface area (TPSA) is 66.6 Å². The van der Waals surface area contributed by atoms with Gasteiger partial charge in [0, 0.05) is 18.2 Å². The van der Waals surface area contributed by atoms with E-state index in [0.29, 0.717) is 11.5 Å². The normalized spacial score (nSPS) is 24.3. The van der Waals surface area contributed by atoms with Crippen molar-refractivity contribution in [2.45, 2.75) is 25.9 Å². The number of aliphatic hydroxyl groups excluding tert-OH is 1. The van der Waals surface area contributed by atoms with Crippen LogP contribution in [0.3, 0.4) is 0 Å². The molecule has 0 aliphatic carbocycles. The summed E-state index contributed by atoms with van der Waals surface area (Å²) in [6, 6.07) is 7.62. The third kappa shape index (κ3) is 2.71. The van der Waals surface area contributed by atoms with E-state index < -0.39 is 5.91 Å². The van der Waals surface area contributed by atoms with Crippen molar-refractivity contribution in [3.05, 3.63) is 35.4 Å². The molecule has 1 aliphatic rings. The van der Waals surface area contributed by atoms with Crippen LogP contribution < -0.4 is 5.73 Å². The molecule has 0 spiro atoms. The highest BCUT2D eigenvalue weighted by atomic mass is 16.3. The minimum atomic E-state index is -0.399. The second-order valence-electron chi connectivity index (χ2n) is 5.05. The number of hydrogen-bond donors (Lipinski definition) is 2. The minimum absolute atomic E-state index is 0.209. The van der Waals surface area contributed by atoms with E-state index in [1.165, 1.54) is 0 Å². The van der Waals surface area contributed by atoms with Crippen molar-refractivity contribution < 1.29 is 9.90 Å². The molecular formula is C14H20N2O2. The quantitative estimate of drug-likeness (QED) is 0.835. The molecule has 1 heterocycles. The zero-order valence-electron chi connectivity index (χ0n) is 10.7. The number of carbonyl (C=O) groups excluding carboxylic acids is 1. The van der Waals surface area contributed by atoms with Crippen molar-refractivity contribution in [2.75, 3.05) is 13.2 Å². The Labute approximate surface area is 107 Å². The highest BCUT2D eigenvalue weighted by Crippen LogP contribution is 2.25. The fourth-order valence-electron chi connectivity index (χ4n) is 2.59. The van der Waals surface area contributed by atoms with Gasteiger partial charge in [0.2, 0.25) is 5.91 Å². The van der Waals surface area contributed by atoms with Gasteiger partial charge in [-0.1, -0.05) is 19.1 Å². The molecule has 1 fully saturated rings. The number of carbonyl (C=O) groups is 1. The Hall–Kier alpha value is -1.39. The summed E-state index contributed by atoms with van der Waals surface area (Å²) < 4.78 is 0. The van der Waals surface area contributed by atoms with E-state index in [2.05, 4.69) is 11.8 Å². The summed E-state index contributed by atoms with van der Waals surface area (Å²) in [5.74, 6) is 0.143. The summed E-state index contributed by atoms with van der Waals surface area (Å²) in [5, 5.41) is 9.40. The van der Waals surface area contributed by atoms with Gasteiger partial charge >= 0.3 is 0 Å². The van der Waals surface area contributed by atoms with Gasteiger partial charge in [-0.25, -0.2) is 0 Å². The van der Waals surface area contributed by atoms with Crippen LogP contribution in [0.4, 0.5) is 0 Å². The Morgan fingerprint density at radius 2 is 2.11 bits per heavy atom. The van der Waals surface area contributed by atoms with E-state index in [0.717, 1.165) is 25.1 Å². The SMILES string of the molecule is CC1CCN(Cc2ccc(C(N)=O)cc2)C1CO. The smallest absolute Gasteiger partial charge is 0.248 e. The van der Waals surface area contributed by atoms with Crippen molar-refractivity contribution >= 4 is 5.91 Å². The van der Waals surface area contributed by atoms with Gasteiger partial charge in [0.05, 0.1) is 6.61 Å². The van der Waals surface area contributed by atoms with Crippen LogP contribution in [0, 0.1) is 5.92 Å². The zero-order valence-corrected chi connectivity index (χ0v) is 10.7. The molecule has 0 radical (unpaired) electrons. The fraction of sp³-hybridized carbons (Fsp3) is 0.500. The molecule has 0 aromatic heterocycles. The average molecular weight is 248 g/mol. The second kappa shape index (κ2) is 5.50. The molecule has 1 amide bonds. The first kappa shape index (κ1) is 13.1. The number of rotatable bonds is 4. The predicted molar refractivity (Wildman–Crippen MR) is 70.0 cm³/mol. The number of aliphatic hydroxyl groups is 1. The highest BCUT2D eigenvalue weighted by Gasteiger charge is 2.30. The molecule has 1 aliphatic heterocycles. The zero-order chi connectivity index (χ0) is 13.1. The number of likely N-dealkylation sites (tertiary alicyclic amines) is 1. The molecular weight excluding hydrogens is 228 g/mol. The largest absolute Gasteiger partial charge is 0.395 e. The van der Waals surface area contributed by atoms with Gasteiger partial charge in [-0.15, -0.1) is 0 Å². The molecule has 1 saturated heterocycles. The molecule has 0 saturated carbocycles. The number of nitrogens with two attached hydrogens (primary N) is 1. The molecule has 1 aromatic carbocycles. The first-order valence-corrected chi connectivity index (χ1v) is 6.35. The molecule has 18 heavy (non-hydrogen) atoms. The van der Waals surface area contributed by atoms with Crippen molar-refractivity contribution in [1.82, 2.24) is 4.90 Å². The van der Waals surface area contributed by atoms with E-state index in [1.807, 2.05) is 12.1 Å². The highest BCUT2D eigenvalue weighted by molar-refractivity contribution is 5.92. The molecule has 0 bridgehead atoms. The van der Waals surface area contributed by atoms with Crippen LogP contribution in [-0.4, -0.2) is 35.1 Å². The fourth-order valence-corrected chi connectivity index (χ4v) is 2.59. The Kier molecular flexibility index (Phi) is 3.99. The number of hydrogen-bond acceptors (Lipinski definition) is 3. The van der Waals surface area contributed by atoms with Gasteiger partial charge in [0.1, 0.15) is 0 Å². The second-order valence-corrected chi connectivity index (χ2v) is 5.05. The lowest BCUT2D eigenvalue weighted by atomic mass is 10.0. The Morgan fingerprint density at radius 3 is 2.67 bits per heavy atom. The summed E-state index contributed by atoms with van der Waals surface area (Å²) >= 11 is 0. The standard InChI is InChI=1S/C14H20N2O2/c1-10-6-7-16(13(10)9-17)8-11-2-4-12(5-3-11)14(15)18/h2-5,10,13,17H,6-9H2,1H3,(H2,15,18). The number of primary amides is 1.